The summed E-state index contributed by atoms with van der Waals surface area (Å²) in [4.78, 5) is 19.4. The zero-order chi connectivity index (χ0) is 18.2. The van der Waals surface area contributed by atoms with Crippen molar-refractivity contribution in [1.29, 1.82) is 0 Å². The predicted molar refractivity (Wildman–Crippen MR) is 81.1 cm³/mol. The average molecular weight is 361 g/mol. The third-order valence-corrected chi connectivity index (χ3v) is 5.05. The Kier molecular flexibility index (Phi) is 5.01. The fourth-order valence-electron chi connectivity index (χ4n) is 3.60. The molecule has 1 saturated heterocycles. The lowest BCUT2D eigenvalue weighted by Gasteiger charge is -2.36. The fraction of sp³-hybridized carbons (Fsp3) is 0.800. The summed E-state index contributed by atoms with van der Waals surface area (Å²) in [7, 11) is 1.63. The molecule has 140 valence electrons. The number of carbonyl (C=O) groups excluding carboxylic acids is 1. The second-order valence-corrected chi connectivity index (χ2v) is 6.55. The number of rotatable bonds is 3. The number of hydrogen-bond donors (Lipinski definition) is 0. The summed E-state index contributed by atoms with van der Waals surface area (Å²) >= 11 is 0. The highest BCUT2D eigenvalue weighted by molar-refractivity contribution is 5.77. The molecule has 7 nitrogen and oxygen atoms in total. The van der Waals surface area contributed by atoms with E-state index in [-0.39, 0.29) is 30.7 Å². The molecule has 0 aliphatic carbocycles. The quantitative estimate of drug-likeness (QED) is 0.822. The Hall–Kier alpha value is -1.68. The van der Waals surface area contributed by atoms with Crippen LogP contribution in [0, 0.1) is 5.92 Å². The minimum absolute atomic E-state index is 0.0359. The van der Waals surface area contributed by atoms with Crippen LogP contribution in [0.5, 0.6) is 0 Å². The Bertz CT molecular complexity index is 625. The molecule has 0 radical (unpaired) electrons. The van der Waals surface area contributed by atoms with E-state index in [1.54, 1.807) is 18.9 Å². The molecule has 1 amide bonds. The molecular formula is C15H22F3N5O2. The Morgan fingerprint density at radius 1 is 1.20 bits per heavy atom. The first kappa shape index (κ1) is 18.1. The first-order valence-corrected chi connectivity index (χ1v) is 8.40. The van der Waals surface area contributed by atoms with E-state index in [1.165, 1.54) is 0 Å². The van der Waals surface area contributed by atoms with Crippen molar-refractivity contribution in [3.8, 4) is 0 Å². The number of nitrogens with zero attached hydrogens (tertiary/aromatic N) is 5. The van der Waals surface area contributed by atoms with Crippen LogP contribution in [-0.2, 0) is 22.4 Å². The Labute approximate surface area is 143 Å². The molecule has 25 heavy (non-hydrogen) atoms. The molecule has 1 atom stereocenters. The molecule has 2 aliphatic rings. The number of aromatic nitrogens is 3. The van der Waals surface area contributed by atoms with Crippen LogP contribution < -0.4 is 0 Å². The molecule has 10 heteroatoms. The standard InChI is InChI=1S/C15H22F3N5O2/c1-10-13-19-20-14(15(16,17)18)23(13)8-7-22(10)12(24)9-11-3-5-21(25-2)6-4-11/h10-11H,3-9H2,1-2H3. The van der Waals surface area contributed by atoms with Crippen molar-refractivity contribution >= 4 is 5.91 Å². The molecule has 1 aromatic rings. The summed E-state index contributed by atoms with van der Waals surface area (Å²) in [5.74, 6) is -0.558. The van der Waals surface area contributed by atoms with Crippen LogP contribution in [0.4, 0.5) is 13.2 Å². The highest BCUT2D eigenvalue weighted by Gasteiger charge is 2.41. The summed E-state index contributed by atoms with van der Waals surface area (Å²) in [6.07, 6.45) is -2.39. The molecule has 3 heterocycles. The number of piperidine rings is 1. The van der Waals surface area contributed by atoms with Crippen molar-refractivity contribution in [2.45, 2.75) is 44.9 Å². The third-order valence-electron chi connectivity index (χ3n) is 5.05. The highest BCUT2D eigenvalue weighted by Crippen LogP contribution is 2.33. The number of amides is 1. The molecule has 0 aromatic carbocycles. The van der Waals surface area contributed by atoms with Gasteiger partial charge < -0.3 is 14.3 Å². The van der Waals surface area contributed by atoms with Gasteiger partial charge >= 0.3 is 6.18 Å². The number of fused-ring (bicyclic) bond motifs is 1. The van der Waals surface area contributed by atoms with Gasteiger partial charge in [-0.25, -0.2) is 0 Å². The minimum Gasteiger partial charge on any atom is -0.331 e. The normalized spacial score (nSPS) is 22.9. The molecule has 0 saturated carbocycles. The molecule has 3 rings (SSSR count). The van der Waals surface area contributed by atoms with Crippen LogP contribution in [0.1, 0.15) is 43.9 Å². The Morgan fingerprint density at radius 3 is 2.48 bits per heavy atom. The van der Waals surface area contributed by atoms with Crippen molar-refractivity contribution in [2.75, 3.05) is 26.7 Å². The lowest BCUT2D eigenvalue weighted by molar-refractivity contribution is -0.152. The largest absolute Gasteiger partial charge is 0.451 e. The van der Waals surface area contributed by atoms with E-state index in [4.69, 9.17) is 4.84 Å². The van der Waals surface area contributed by atoms with Gasteiger partial charge in [-0.15, -0.1) is 10.2 Å². The van der Waals surface area contributed by atoms with Crippen molar-refractivity contribution in [3.05, 3.63) is 11.6 Å². The monoisotopic (exact) mass is 361 g/mol. The van der Waals surface area contributed by atoms with Gasteiger partial charge in [0.15, 0.2) is 5.82 Å². The lowest BCUT2D eigenvalue weighted by atomic mass is 9.93. The highest BCUT2D eigenvalue weighted by atomic mass is 19.4. The van der Waals surface area contributed by atoms with Gasteiger partial charge in [0.25, 0.3) is 0 Å². The summed E-state index contributed by atoms with van der Waals surface area (Å²) in [6, 6.07) is -0.510. The summed E-state index contributed by atoms with van der Waals surface area (Å²) in [6.45, 7) is 3.58. The Balaban J connectivity index is 1.65. The van der Waals surface area contributed by atoms with Gasteiger partial charge in [0.05, 0.1) is 13.2 Å². The zero-order valence-electron chi connectivity index (χ0n) is 14.3. The predicted octanol–water partition coefficient (Wildman–Crippen LogP) is 1.86. The summed E-state index contributed by atoms with van der Waals surface area (Å²) in [5, 5.41) is 8.82. The van der Waals surface area contributed by atoms with Crippen molar-refractivity contribution < 1.29 is 22.8 Å². The molecule has 1 aromatic heterocycles. The van der Waals surface area contributed by atoms with Crippen molar-refractivity contribution in [1.82, 2.24) is 24.7 Å². The van der Waals surface area contributed by atoms with E-state index < -0.39 is 18.0 Å². The van der Waals surface area contributed by atoms with Crippen LogP contribution in [0.3, 0.4) is 0 Å². The van der Waals surface area contributed by atoms with E-state index in [0.717, 1.165) is 30.5 Å². The van der Waals surface area contributed by atoms with Crippen LogP contribution in [0.15, 0.2) is 0 Å². The zero-order valence-corrected chi connectivity index (χ0v) is 14.3. The first-order valence-electron chi connectivity index (χ1n) is 8.40. The van der Waals surface area contributed by atoms with Crippen molar-refractivity contribution in [3.63, 3.8) is 0 Å². The van der Waals surface area contributed by atoms with E-state index in [2.05, 4.69) is 10.2 Å². The maximum absolute atomic E-state index is 12.9. The maximum atomic E-state index is 12.9. The maximum Gasteiger partial charge on any atom is 0.451 e. The summed E-state index contributed by atoms with van der Waals surface area (Å²) in [5.41, 5.74) is 0. The summed E-state index contributed by atoms with van der Waals surface area (Å²) < 4.78 is 39.9. The fourth-order valence-corrected chi connectivity index (χ4v) is 3.60. The molecule has 1 unspecified atom stereocenters. The smallest absolute Gasteiger partial charge is 0.331 e. The van der Waals surface area contributed by atoms with Gasteiger partial charge in [-0.3, -0.25) is 4.79 Å². The van der Waals surface area contributed by atoms with E-state index in [0.29, 0.717) is 6.42 Å². The number of hydroxylamine groups is 2. The van der Waals surface area contributed by atoms with Gasteiger partial charge in [0.2, 0.25) is 11.7 Å². The van der Waals surface area contributed by atoms with Gasteiger partial charge in [-0.05, 0) is 25.7 Å². The van der Waals surface area contributed by atoms with Crippen LogP contribution in [0.25, 0.3) is 0 Å². The van der Waals surface area contributed by atoms with Crippen LogP contribution in [-0.4, -0.2) is 57.4 Å². The third kappa shape index (κ3) is 3.64. The topological polar surface area (TPSA) is 63.5 Å². The second-order valence-electron chi connectivity index (χ2n) is 6.55. The molecule has 1 fully saturated rings. The molecule has 0 bridgehead atoms. The lowest BCUT2D eigenvalue weighted by Crippen LogP contribution is -2.43. The van der Waals surface area contributed by atoms with Gasteiger partial charge in [0.1, 0.15) is 0 Å². The first-order chi connectivity index (χ1) is 11.8. The van der Waals surface area contributed by atoms with E-state index in [1.807, 2.05) is 5.06 Å². The minimum atomic E-state index is -4.54. The van der Waals surface area contributed by atoms with Crippen LogP contribution in [0.2, 0.25) is 0 Å². The number of carbonyl (C=O) groups is 1. The number of hydrogen-bond acceptors (Lipinski definition) is 5. The molecule has 0 N–H and O–H groups in total. The number of halogens is 3. The molecule has 0 spiro atoms. The average Bonchev–Trinajstić information content (AvgIpc) is 3.01. The number of alkyl halides is 3. The van der Waals surface area contributed by atoms with Crippen molar-refractivity contribution in [2.24, 2.45) is 5.92 Å². The second kappa shape index (κ2) is 6.91. The van der Waals surface area contributed by atoms with E-state index >= 15 is 0 Å². The molecular weight excluding hydrogens is 339 g/mol. The Morgan fingerprint density at radius 2 is 1.88 bits per heavy atom. The molecule has 2 aliphatic heterocycles. The van der Waals surface area contributed by atoms with Gasteiger partial charge in [-0.1, -0.05) is 0 Å². The van der Waals surface area contributed by atoms with Gasteiger partial charge in [0, 0.05) is 32.6 Å². The van der Waals surface area contributed by atoms with E-state index in [9.17, 15) is 18.0 Å². The van der Waals surface area contributed by atoms with Crippen LogP contribution >= 0.6 is 0 Å². The SMILES string of the molecule is CON1CCC(CC(=O)N2CCn3c(nnc3C(F)(F)F)C2C)CC1. The van der Waals surface area contributed by atoms with Gasteiger partial charge in [-0.2, -0.15) is 18.2 Å².